The second kappa shape index (κ2) is 8.80. The average molecular weight is 393 g/mol. The summed E-state index contributed by atoms with van der Waals surface area (Å²) >= 11 is 0. The number of nitrogens with two attached hydrogens (primary N) is 1. The number of aromatic nitrogens is 2. The molecule has 1 amide bonds. The van der Waals surface area contributed by atoms with Gasteiger partial charge in [0.15, 0.2) is 0 Å². The molecule has 6 nitrogen and oxygen atoms in total. The summed E-state index contributed by atoms with van der Waals surface area (Å²) < 4.78 is 13.2. The number of aliphatic hydroxyl groups is 1. The van der Waals surface area contributed by atoms with Crippen molar-refractivity contribution < 1.29 is 14.3 Å². The number of imidazole rings is 1. The molecular weight excluding hydrogens is 370 g/mol. The first-order chi connectivity index (χ1) is 10.9. The highest BCUT2D eigenvalue weighted by molar-refractivity contribution is 5.85. The van der Waals surface area contributed by atoms with E-state index in [4.69, 9.17) is 5.73 Å². The van der Waals surface area contributed by atoms with Crippen LogP contribution in [-0.4, -0.2) is 45.1 Å². The minimum atomic E-state index is -0.519. The number of aromatic amines is 1. The van der Waals surface area contributed by atoms with Gasteiger partial charge in [-0.3, -0.25) is 4.79 Å². The van der Waals surface area contributed by atoms with Crippen molar-refractivity contribution in [2.75, 3.05) is 7.05 Å². The number of rotatable bonds is 3. The van der Waals surface area contributed by atoms with E-state index in [1.54, 1.807) is 18.0 Å². The van der Waals surface area contributed by atoms with Gasteiger partial charge < -0.3 is 20.7 Å². The summed E-state index contributed by atoms with van der Waals surface area (Å²) in [6, 6.07) is 4.00. The van der Waals surface area contributed by atoms with Gasteiger partial charge in [-0.15, -0.1) is 24.8 Å². The molecule has 1 aromatic heterocycles. The van der Waals surface area contributed by atoms with Gasteiger partial charge in [-0.25, -0.2) is 9.37 Å². The molecule has 1 saturated carbocycles. The van der Waals surface area contributed by atoms with Crippen molar-refractivity contribution in [3.05, 3.63) is 29.8 Å². The van der Waals surface area contributed by atoms with Crippen LogP contribution in [0.4, 0.5) is 4.39 Å². The predicted octanol–water partition coefficient (Wildman–Crippen LogP) is 1.99. The Balaban J connectivity index is 0.00000156. The van der Waals surface area contributed by atoms with Crippen molar-refractivity contribution in [3.63, 3.8) is 0 Å². The van der Waals surface area contributed by atoms with Gasteiger partial charge in [0.1, 0.15) is 11.6 Å². The van der Waals surface area contributed by atoms with Gasteiger partial charge in [0.05, 0.1) is 23.7 Å². The summed E-state index contributed by atoms with van der Waals surface area (Å²) in [5.74, 6) is 0.118. The van der Waals surface area contributed by atoms with Crippen LogP contribution in [0.2, 0.25) is 0 Å². The number of benzene rings is 1. The maximum absolute atomic E-state index is 13.2. The molecule has 0 aliphatic heterocycles. The van der Waals surface area contributed by atoms with E-state index in [1.807, 2.05) is 0 Å². The summed E-state index contributed by atoms with van der Waals surface area (Å²) in [4.78, 5) is 21.5. The Morgan fingerprint density at radius 2 is 2.16 bits per heavy atom. The van der Waals surface area contributed by atoms with E-state index in [-0.39, 0.29) is 48.5 Å². The normalized spacial score (nSPS) is 22.8. The number of carbonyl (C=O) groups excluding carboxylic acids is 1. The van der Waals surface area contributed by atoms with E-state index < -0.39 is 6.10 Å². The van der Waals surface area contributed by atoms with Gasteiger partial charge in [-0.05, 0) is 37.5 Å². The second-order valence-electron chi connectivity index (χ2n) is 6.28. The standard InChI is InChI=1S/C16H21FN4O2.2ClH/c1-21(16(23)9-2-5-14(22)11(18)6-9)8-15-19-12-4-3-10(17)7-13(12)20-15;;/h3-4,7,9,11,14,22H,2,5-6,8,18H2,1H3,(H,19,20);2*1H/t9-,11+,14+;;/m0../s1. The number of H-pyrrole nitrogens is 1. The van der Waals surface area contributed by atoms with Crippen molar-refractivity contribution in [1.29, 1.82) is 0 Å². The van der Waals surface area contributed by atoms with Crippen LogP contribution in [0.5, 0.6) is 0 Å². The topological polar surface area (TPSA) is 95.2 Å². The Bertz CT molecular complexity index is 727. The molecule has 0 unspecified atom stereocenters. The van der Waals surface area contributed by atoms with Gasteiger partial charge in [-0.1, -0.05) is 0 Å². The molecule has 0 spiro atoms. The van der Waals surface area contributed by atoms with Crippen LogP contribution in [0.3, 0.4) is 0 Å². The van der Waals surface area contributed by atoms with E-state index in [0.29, 0.717) is 42.7 Å². The molecule has 9 heteroatoms. The predicted molar refractivity (Wildman–Crippen MR) is 98.3 cm³/mol. The van der Waals surface area contributed by atoms with Crippen LogP contribution in [0, 0.1) is 11.7 Å². The zero-order valence-electron chi connectivity index (χ0n) is 13.8. The fourth-order valence-electron chi connectivity index (χ4n) is 3.14. The second-order valence-corrected chi connectivity index (χ2v) is 6.28. The van der Waals surface area contributed by atoms with Crippen LogP contribution in [-0.2, 0) is 11.3 Å². The lowest BCUT2D eigenvalue weighted by atomic mass is 9.83. The highest BCUT2D eigenvalue weighted by atomic mass is 35.5. The first-order valence-electron chi connectivity index (χ1n) is 7.77. The molecule has 3 atom stereocenters. The average Bonchev–Trinajstić information content (AvgIpc) is 2.90. The molecule has 0 bridgehead atoms. The van der Waals surface area contributed by atoms with Crippen molar-refractivity contribution in [1.82, 2.24) is 14.9 Å². The summed E-state index contributed by atoms with van der Waals surface area (Å²) in [7, 11) is 1.71. The van der Waals surface area contributed by atoms with Gasteiger partial charge in [0, 0.05) is 19.0 Å². The molecule has 4 N–H and O–H groups in total. The minimum absolute atomic E-state index is 0. The Hall–Kier alpha value is -1.41. The molecular formula is C16H23Cl2FN4O2. The Morgan fingerprint density at radius 1 is 1.44 bits per heavy atom. The number of fused-ring (bicyclic) bond motifs is 1. The molecule has 1 aliphatic rings. The molecule has 0 radical (unpaired) electrons. The van der Waals surface area contributed by atoms with Crippen LogP contribution in [0.1, 0.15) is 25.1 Å². The van der Waals surface area contributed by atoms with Crippen molar-refractivity contribution in [2.24, 2.45) is 11.7 Å². The lowest BCUT2D eigenvalue weighted by Crippen LogP contribution is -2.45. The summed E-state index contributed by atoms with van der Waals surface area (Å²) in [5.41, 5.74) is 7.14. The number of amides is 1. The molecule has 0 saturated heterocycles. The lowest BCUT2D eigenvalue weighted by Gasteiger charge is -2.32. The molecule has 1 fully saturated rings. The zero-order valence-corrected chi connectivity index (χ0v) is 15.4. The largest absolute Gasteiger partial charge is 0.392 e. The van der Waals surface area contributed by atoms with Gasteiger partial charge in [0.25, 0.3) is 0 Å². The van der Waals surface area contributed by atoms with Crippen molar-refractivity contribution in [2.45, 2.75) is 38.0 Å². The molecule has 2 aromatic rings. The summed E-state index contributed by atoms with van der Waals surface area (Å²) in [6.07, 6.45) is 1.17. The third-order valence-electron chi connectivity index (χ3n) is 4.47. The molecule has 1 aliphatic carbocycles. The van der Waals surface area contributed by atoms with Crippen LogP contribution >= 0.6 is 24.8 Å². The molecule has 1 heterocycles. The van der Waals surface area contributed by atoms with E-state index in [9.17, 15) is 14.3 Å². The number of nitrogens with one attached hydrogen (secondary N) is 1. The molecule has 25 heavy (non-hydrogen) atoms. The van der Waals surface area contributed by atoms with Gasteiger partial charge in [-0.2, -0.15) is 0 Å². The minimum Gasteiger partial charge on any atom is -0.392 e. The summed E-state index contributed by atoms with van der Waals surface area (Å²) in [6.45, 7) is 0.323. The Morgan fingerprint density at radius 3 is 2.84 bits per heavy atom. The highest BCUT2D eigenvalue weighted by Gasteiger charge is 2.32. The number of hydrogen-bond acceptors (Lipinski definition) is 4. The van der Waals surface area contributed by atoms with E-state index >= 15 is 0 Å². The number of nitrogens with zero attached hydrogens (tertiary/aromatic N) is 2. The number of hydrogen-bond donors (Lipinski definition) is 3. The Labute approximate surface area is 157 Å². The van der Waals surface area contributed by atoms with E-state index in [1.165, 1.54) is 12.1 Å². The highest BCUT2D eigenvalue weighted by Crippen LogP contribution is 2.25. The van der Waals surface area contributed by atoms with Crippen molar-refractivity contribution in [3.8, 4) is 0 Å². The quantitative estimate of drug-likeness (QED) is 0.743. The fourth-order valence-corrected chi connectivity index (χ4v) is 3.14. The number of halogens is 3. The zero-order chi connectivity index (χ0) is 16.6. The number of carbonyl (C=O) groups is 1. The number of aliphatic hydroxyl groups excluding tert-OH is 1. The Kier molecular flexibility index (Phi) is 7.62. The van der Waals surface area contributed by atoms with Crippen LogP contribution in [0.25, 0.3) is 11.0 Å². The summed E-state index contributed by atoms with van der Waals surface area (Å²) in [5, 5.41) is 9.66. The lowest BCUT2D eigenvalue weighted by molar-refractivity contribution is -0.136. The monoisotopic (exact) mass is 392 g/mol. The smallest absolute Gasteiger partial charge is 0.225 e. The van der Waals surface area contributed by atoms with E-state index in [2.05, 4.69) is 9.97 Å². The fraction of sp³-hybridized carbons (Fsp3) is 0.500. The maximum Gasteiger partial charge on any atom is 0.225 e. The van der Waals surface area contributed by atoms with Crippen molar-refractivity contribution >= 4 is 41.8 Å². The third kappa shape index (κ3) is 4.82. The van der Waals surface area contributed by atoms with Crippen LogP contribution in [0.15, 0.2) is 18.2 Å². The first-order valence-corrected chi connectivity index (χ1v) is 7.77. The first kappa shape index (κ1) is 21.6. The molecule has 140 valence electrons. The maximum atomic E-state index is 13.2. The van der Waals surface area contributed by atoms with Gasteiger partial charge >= 0.3 is 0 Å². The van der Waals surface area contributed by atoms with E-state index in [0.717, 1.165) is 0 Å². The molecule has 1 aromatic carbocycles. The SMILES string of the molecule is CN(Cc1nc2ccc(F)cc2[nH]1)C(=O)[C@H]1CC[C@@H](O)[C@H](N)C1.Cl.Cl. The third-order valence-corrected chi connectivity index (χ3v) is 4.47. The van der Waals surface area contributed by atoms with Gasteiger partial charge in [0.2, 0.25) is 5.91 Å². The molecule has 3 rings (SSSR count). The van der Waals surface area contributed by atoms with Crippen LogP contribution < -0.4 is 5.73 Å².